The largest absolute Gasteiger partial charge is 0.490 e. The average Bonchev–Trinajstić information content (AvgIpc) is 2.65. The molecule has 0 N–H and O–H groups in total. The van der Waals surface area contributed by atoms with Crippen molar-refractivity contribution in [2.24, 2.45) is 0 Å². The number of ether oxygens (including phenoxy) is 1. The van der Waals surface area contributed by atoms with Gasteiger partial charge in [-0.25, -0.2) is 4.39 Å². The van der Waals surface area contributed by atoms with Crippen molar-refractivity contribution in [2.75, 3.05) is 31.1 Å². The number of halogens is 1. The molecule has 1 fully saturated rings. The fourth-order valence-electron chi connectivity index (χ4n) is 3.27. The van der Waals surface area contributed by atoms with Gasteiger partial charge in [0.25, 0.3) is 0 Å². The van der Waals surface area contributed by atoms with Crippen molar-refractivity contribution < 1.29 is 13.9 Å². The maximum atomic E-state index is 13.1. The molecule has 1 aliphatic heterocycles. The van der Waals surface area contributed by atoms with Gasteiger partial charge < -0.3 is 14.5 Å². The van der Waals surface area contributed by atoms with Crippen molar-refractivity contribution in [1.29, 1.82) is 0 Å². The molecule has 5 heteroatoms. The van der Waals surface area contributed by atoms with Gasteiger partial charge in [-0.2, -0.15) is 0 Å². The molecule has 0 bridgehead atoms. The Balaban J connectivity index is 1.47. The quantitative estimate of drug-likeness (QED) is 0.791. The molecule has 0 radical (unpaired) electrons. The third-order valence-corrected chi connectivity index (χ3v) is 4.74. The third kappa shape index (κ3) is 5.05. The van der Waals surface area contributed by atoms with Gasteiger partial charge in [0.1, 0.15) is 17.7 Å². The Morgan fingerprint density at radius 2 is 1.77 bits per heavy atom. The first-order valence-electron chi connectivity index (χ1n) is 9.09. The molecular weight excluding hydrogens is 331 g/mol. The zero-order valence-electron chi connectivity index (χ0n) is 15.1. The van der Waals surface area contributed by atoms with Crippen LogP contribution < -0.4 is 9.64 Å². The van der Waals surface area contributed by atoms with Gasteiger partial charge in [0, 0.05) is 38.8 Å². The highest BCUT2D eigenvalue weighted by molar-refractivity contribution is 5.91. The summed E-state index contributed by atoms with van der Waals surface area (Å²) in [4.78, 5) is 16.0. The van der Waals surface area contributed by atoms with E-state index in [1.165, 1.54) is 12.1 Å². The Hall–Kier alpha value is -2.40. The first-order valence-corrected chi connectivity index (χ1v) is 9.09. The van der Waals surface area contributed by atoms with Crippen molar-refractivity contribution in [3.05, 3.63) is 60.4 Å². The van der Waals surface area contributed by atoms with Gasteiger partial charge in [0.05, 0.1) is 0 Å². The molecule has 0 aliphatic carbocycles. The number of carbonyl (C=O) groups excluding carboxylic acids is 1. The highest BCUT2D eigenvalue weighted by Gasteiger charge is 2.21. The SMILES string of the molecule is CC(=O)N(CCN1CCC(Oc2ccccc2)CC1)c1ccc(F)cc1. The van der Waals surface area contributed by atoms with E-state index in [1.807, 2.05) is 30.3 Å². The van der Waals surface area contributed by atoms with E-state index >= 15 is 0 Å². The summed E-state index contributed by atoms with van der Waals surface area (Å²) in [5.41, 5.74) is 0.737. The van der Waals surface area contributed by atoms with Crippen LogP contribution in [0.15, 0.2) is 54.6 Å². The lowest BCUT2D eigenvalue weighted by atomic mass is 10.1. The van der Waals surface area contributed by atoms with E-state index in [0.717, 1.165) is 43.9 Å². The van der Waals surface area contributed by atoms with Crippen LogP contribution in [0.1, 0.15) is 19.8 Å². The van der Waals surface area contributed by atoms with Gasteiger partial charge in [0.15, 0.2) is 0 Å². The standard InChI is InChI=1S/C21H25FN2O2/c1-17(25)24(19-9-7-18(22)8-10-19)16-15-23-13-11-21(12-14-23)26-20-5-3-2-4-6-20/h2-10,21H,11-16H2,1H3. The Bertz CT molecular complexity index is 698. The highest BCUT2D eigenvalue weighted by atomic mass is 19.1. The Kier molecular flexibility index (Phi) is 6.23. The fourth-order valence-corrected chi connectivity index (χ4v) is 3.27. The molecule has 26 heavy (non-hydrogen) atoms. The molecule has 1 saturated heterocycles. The molecule has 1 amide bonds. The monoisotopic (exact) mass is 356 g/mol. The summed E-state index contributed by atoms with van der Waals surface area (Å²) >= 11 is 0. The van der Waals surface area contributed by atoms with Crippen LogP contribution in [0.3, 0.4) is 0 Å². The van der Waals surface area contributed by atoms with Crippen LogP contribution in [-0.4, -0.2) is 43.1 Å². The number of likely N-dealkylation sites (tertiary alicyclic amines) is 1. The number of amides is 1. The van der Waals surface area contributed by atoms with E-state index in [-0.39, 0.29) is 17.8 Å². The number of carbonyl (C=O) groups is 1. The molecule has 3 rings (SSSR count). The molecular formula is C21H25FN2O2. The van der Waals surface area contributed by atoms with Crippen molar-refractivity contribution in [3.63, 3.8) is 0 Å². The predicted octanol–water partition coefficient (Wildman–Crippen LogP) is 3.72. The average molecular weight is 356 g/mol. The maximum absolute atomic E-state index is 13.1. The maximum Gasteiger partial charge on any atom is 0.223 e. The Morgan fingerprint density at radius 1 is 1.12 bits per heavy atom. The van der Waals surface area contributed by atoms with Crippen LogP contribution in [0.25, 0.3) is 0 Å². The molecule has 1 aliphatic rings. The minimum Gasteiger partial charge on any atom is -0.490 e. The number of benzene rings is 2. The number of hydrogen-bond acceptors (Lipinski definition) is 3. The van der Waals surface area contributed by atoms with Crippen molar-refractivity contribution in [2.45, 2.75) is 25.9 Å². The topological polar surface area (TPSA) is 32.8 Å². The summed E-state index contributed by atoms with van der Waals surface area (Å²) in [6.07, 6.45) is 2.20. The van der Waals surface area contributed by atoms with Crippen LogP contribution in [0.4, 0.5) is 10.1 Å². The van der Waals surface area contributed by atoms with Crippen molar-refractivity contribution >= 4 is 11.6 Å². The minimum atomic E-state index is -0.294. The summed E-state index contributed by atoms with van der Waals surface area (Å²) in [6, 6.07) is 16.0. The molecule has 0 aromatic heterocycles. The van der Waals surface area contributed by atoms with Crippen LogP contribution >= 0.6 is 0 Å². The molecule has 0 atom stereocenters. The summed E-state index contributed by atoms with van der Waals surface area (Å²) in [5, 5.41) is 0. The van der Waals surface area contributed by atoms with Gasteiger partial charge in [0.2, 0.25) is 5.91 Å². The second kappa shape index (κ2) is 8.81. The summed E-state index contributed by atoms with van der Waals surface area (Å²) in [5.74, 6) is 0.599. The fraction of sp³-hybridized carbons (Fsp3) is 0.381. The van der Waals surface area contributed by atoms with Crippen molar-refractivity contribution in [3.8, 4) is 5.75 Å². The van der Waals surface area contributed by atoms with Gasteiger partial charge in [-0.15, -0.1) is 0 Å². The molecule has 1 heterocycles. The van der Waals surface area contributed by atoms with Gasteiger partial charge in [-0.3, -0.25) is 4.79 Å². The summed E-state index contributed by atoms with van der Waals surface area (Å²) in [7, 11) is 0. The second-order valence-electron chi connectivity index (χ2n) is 6.62. The molecule has 2 aromatic rings. The zero-order chi connectivity index (χ0) is 18.4. The molecule has 138 valence electrons. The van der Waals surface area contributed by atoms with E-state index < -0.39 is 0 Å². The normalized spacial score (nSPS) is 15.6. The number of anilines is 1. The smallest absolute Gasteiger partial charge is 0.223 e. The lowest BCUT2D eigenvalue weighted by Crippen LogP contribution is -2.43. The van der Waals surface area contributed by atoms with E-state index in [9.17, 15) is 9.18 Å². The number of rotatable bonds is 6. The molecule has 0 spiro atoms. The lowest BCUT2D eigenvalue weighted by Gasteiger charge is -2.33. The van der Waals surface area contributed by atoms with Crippen LogP contribution in [0.2, 0.25) is 0 Å². The van der Waals surface area contributed by atoms with Gasteiger partial charge >= 0.3 is 0 Å². The lowest BCUT2D eigenvalue weighted by molar-refractivity contribution is -0.116. The predicted molar refractivity (Wildman–Crippen MR) is 101 cm³/mol. The van der Waals surface area contributed by atoms with Crippen LogP contribution in [0.5, 0.6) is 5.75 Å². The number of para-hydroxylation sites is 1. The molecule has 0 unspecified atom stereocenters. The first kappa shape index (κ1) is 18.4. The Morgan fingerprint density at radius 3 is 2.38 bits per heavy atom. The Labute approximate surface area is 154 Å². The van der Waals surface area contributed by atoms with Crippen LogP contribution in [-0.2, 0) is 4.79 Å². The van der Waals surface area contributed by atoms with E-state index in [0.29, 0.717) is 6.54 Å². The van der Waals surface area contributed by atoms with E-state index in [1.54, 1.807) is 24.0 Å². The molecule has 2 aromatic carbocycles. The summed E-state index contributed by atoms with van der Waals surface area (Å²) in [6.45, 7) is 4.85. The molecule has 0 saturated carbocycles. The number of nitrogens with zero attached hydrogens (tertiary/aromatic N) is 2. The van der Waals surface area contributed by atoms with Crippen molar-refractivity contribution in [1.82, 2.24) is 4.90 Å². The molecule has 4 nitrogen and oxygen atoms in total. The van der Waals surface area contributed by atoms with Gasteiger partial charge in [-0.1, -0.05) is 18.2 Å². The number of piperidine rings is 1. The first-order chi connectivity index (χ1) is 12.6. The van der Waals surface area contributed by atoms with Crippen LogP contribution in [0, 0.1) is 5.82 Å². The van der Waals surface area contributed by atoms with Gasteiger partial charge in [-0.05, 0) is 49.2 Å². The van der Waals surface area contributed by atoms with E-state index in [4.69, 9.17) is 4.74 Å². The third-order valence-electron chi connectivity index (χ3n) is 4.74. The van der Waals surface area contributed by atoms with E-state index in [2.05, 4.69) is 4.90 Å². The highest BCUT2D eigenvalue weighted by Crippen LogP contribution is 2.19. The number of hydrogen-bond donors (Lipinski definition) is 0. The second-order valence-corrected chi connectivity index (χ2v) is 6.62. The minimum absolute atomic E-state index is 0.0288. The summed E-state index contributed by atoms with van der Waals surface area (Å²) < 4.78 is 19.1. The zero-order valence-corrected chi connectivity index (χ0v) is 15.1.